The molecular weight excluding hydrogens is 180 g/mol. The molecule has 0 N–H and O–H groups in total. The van der Waals surface area contributed by atoms with Gasteiger partial charge in [-0.1, -0.05) is 6.92 Å². The third-order valence-electron chi connectivity index (χ3n) is 3.52. The normalized spacial score (nSPS) is 30.8. The van der Waals surface area contributed by atoms with Crippen molar-refractivity contribution in [1.82, 2.24) is 0 Å². The van der Waals surface area contributed by atoms with Crippen LogP contribution < -0.4 is 0 Å². The molecular formula is C11H16O3. The molecule has 1 aliphatic carbocycles. The van der Waals surface area contributed by atoms with Crippen LogP contribution in [-0.2, 0) is 14.3 Å². The summed E-state index contributed by atoms with van der Waals surface area (Å²) < 4.78 is 5.45. The van der Waals surface area contributed by atoms with Gasteiger partial charge in [-0.15, -0.1) is 0 Å². The summed E-state index contributed by atoms with van der Waals surface area (Å²) in [6.07, 6.45) is 4.70. The van der Waals surface area contributed by atoms with Gasteiger partial charge < -0.3 is 4.74 Å². The van der Waals surface area contributed by atoms with Gasteiger partial charge in [0, 0.05) is 0 Å². The molecule has 2 fully saturated rings. The summed E-state index contributed by atoms with van der Waals surface area (Å²) in [6.45, 7) is 2.00. The number of ketones is 1. The van der Waals surface area contributed by atoms with Crippen LogP contribution in [0.3, 0.4) is 0 Å². The monoisotopic (exact) mass is 196 g/mol. The lowest BCUT2D eigenvalue weighted by Gasteiger charge is -2.39. The average molecular weight is 196 g/mol. The Bertz CT molecular complexity index is 264. The Balaban J connectivity index is 2.26. The van der Waals surface area contributed by atoms with Crippen LogP contribution in [0, 0.1) is 5.92 Å². The first-order valence-corrected chi connectivity index (χ1v) is 5.42. The van der Waals surface area contributed by atoms with Crippen molar-refractivity contribution in [3.63, 3.8) is 0 Å². The van der Waals surface area contributed by atoms with Crippen LogP contribution in [0.15, 0.2) is 0 Å². The smallest absolute Gasteiger partial charge is 0.313 e. The van der Waals surface area contributed by atoms with Crippen molar-refractivity contribution in [2.24, 2.45) is 5.92 Å². The van der Waals surface area contributed by atoms with E-state index < -0.39 is 5.60 Å². The third kappa shape index (κ3) is 1.35. The molecule has 2 rings (SSSR count). The predicted molar refractivity (Wildman–Crippen MR) is 50.7 cm³/mol. The number of rotatable bonds is 1. The minimum absolute atomic E-state index is 0.0136. The van der Waals surface area contributed by atoms with Crippen LogP contribution in [0.5, 0.6) is 0 Å². The lowest BCUT2D eigenvalue weighted by atomic mass is 9.78. The largest absolute Gasteiger partial charge is 0.458 e. The molecule has 3 heteroatoms. The summed E-state index contributed by atoms with van der Waals surface area (Å²) in [5.74, 6) is -0.269. The first-order chi connectivity index (χ1) is 6.68. The van der Waals surface area contributed by atoms with Gasteiger partial charge in [0.2, 0.25) is 0 Å². The van der Waals surface area contributed by atoms with Crippen molar-refractivity contribution in [3.05, 3.63) is 0 Å². The van der Waals surface area contributed by atoms with Crippen molar-refractivity contribution in [2.45, 2.75) is 51.0 Å². The second-order valence-electron chi connectivity index (χ2n) is 4.35. The molecule has 2 aliphatic rings. The van der Waals surface area contributed by atoms with E-state index in [1.807, 2.05) is 6.92 Å². The standard InChI is InChI=1S/C11H16O3/c1-2-8-9(12)7-10(13)14-11(8)5-3-4-6-11/h8H,2-7H2,1H3. The van der Waals surface area contributed by atoms with Crippen molar-refractivity contribution >= 4 is 11.8 Å². The van der Waals surface area contributed by atoms with Gasteiger partial charge in [-0.05, 0) is 32.1 Å². The Morgan fingerprint density at radius 1 is 1.36 bits per heavy atom. The highest BCUT2D eigenvalue weighted by molar-refractivity contribution is 5.99. The fourth-order valence-electron chi connectivity index (χ4n) is 2.92. The summed E-state index contributed by atoms with van der Waals surface area (Å²) in [4.78, 5) is 22.9. The van der Waals surface area contributed by atoms with Crippen LogP contribution in [0.1, 0.15) is 45.4 Å². The SMILES string of the molecule is CCC1C(=O)CC(=O)OC12CCCC2. The van der Waals surface area contributed by atoms with Gasteiger partial charge in [-0.2, -0.15) is 0 Å². The van der Waals surface area contributed by atoms with E-state index in [4.69, 9.17) is 4.74 Å². The van der Waals surface area contributed by atoms with E-state index in [0.717, 1.165) is 32.1 Å². The zero-order valence-electron chi connectivity index (χ0n) is 8.54. The molecule has 1 atom stereocenters. The zero-order chi connectivity index (χ0) is 10.2. The summed E-state index contributed by atoms with van der Waals surface area (Å²) >= 11 is 0. The number of hydrogen-bond acceptors (Lipinski definition) is 3. The molecule has 1 saturated carbocycles. The fraction of sp³-hybridized carbons (Fsp3) is 0.818. The van der Waals surface area contributed by atoms with Crippen molar-refractivity contribution in [3.8, 4) is 0 Å². The van der Waals surface area contributed by atoms with Crippen LogP contribution >= 0.6 is 0 Å². The van der Waals surface area contributed by atoms with E-state index in [9.17, 15) is 9.59 Å². The maximum absolute atomic E-state index is 11.7. The highest BCUT2D eigenvalue weighted by atomic mass is 16.6. The first kappa shape index (κ1) is 9.69. The van der Waals surface area contributed by atoms with E-state index in [-0.39, 0.29) is 24.1 Å². The number of carbonyl (C=O) groups excluding carboxylic acids is 2. The number of esters is 1. The quantitative estimate of drug-likeness (QED) is 0.474. The van der Waals surface area contributed by atoms with Crippen LogP contribution in [0.2, 0.25) is 0 Å². The van der Waals surface area contributed by atoms with E-state index in [1.54, 1.807) is 0 Å². The van der Waals surface area contributed by atoms with E-state index >= 15 is 0 Å². The molecule has 1 spiro atoms. The van der Waals surface area contributed by atoms with E-state index in [1.165, 1.54) is 0 Å². The molecule has 0 aromatic heterocycles. The Hall–Kier alpha value is -0.860. The van der Waals surface area contributed by atoms with E-state index in [2.05, 4.69) is 0 Å². The molecule has 3 nitrogen and oxygen atoms in total. The molecule has 0 radical (unpaired) electrons. The maximum atomic E-state index is 11.7. The van der Waals surface area contributed by atoms with Crippen molar-refractivity contribution in [1.29, 1.82) is 0 Å². The van der Waals surface area contributed by atoms with Gasteiger partial charge >= 0.3 is 5.97 Å². The molecule has 0 amide bonds. The Labute approximate surface area is 83.8 Å². The average Bonchev–Trinajstić information content (AvgIpc) is 2.53. The molecule has 1 unspecified atom stereocenters. The summed E-state index contributed by atoms with van der Waals surface area (Å²) in [6, 6.07) is 0. The second kappa shape index (κ2) is 3.37. The van der Waals surface area contributed by atoms with Gasteiger partial charge in [0.25, 0.3) is 0 Å². The Kier molecular flexibility index (Phi) is 2.33. The zero-order valence-corrected chi connectivity index (χ0v) is 8.54. The lowest BCUT2D eigenvalue weighted by molar-refractivity contribution is -0.178. The highest BCUT2D eigenvalue weighted by Crippen LogP contribution is 2.44. The van der Waals surface area contributed by atoms with Crippen LogP contribution in [0.25, 0.3) is 0 Å². The summed E-state index contributed by atoms with van der Waals surface area (Å²) in [5.41, 5.74) is -0.416. The number of hydrogen-bond donors (Lipinski definition) is 0. The predicted octanol–water partition coefficient (Wildman–Crippen LogP) is 1.84. The minimum atomic E-state index is -0.416. The number of Topliss-reactive ketones (excluding diaryl/α,β-unsaturated/α-hetero) is 1. The Morgan fingerprint density at radius 2 is 2.00 bits per heavy atom. The van der Waals surface area contributed by atoms with Crippen molar-refractivity contribution < 1.29 is 14.3 Å². The third-order valence-corrected chi connectivity index (χ3v) is 3.52. The lowest BCUT2D eigenvalue weighted by Crippen LogP contribution is -2.48. The molecule has 1 heterocycles. The summed E-state index contributed by atoms with van der Waals surface area (Å²) in [5, 5.41) is 0. The maximum Gasteiger partial charge on any atom is 0.313 e. The molecule has 14 heavy (non-hydrogen) atoms. The fourth-order valence-corrected chi connectivity index (χ4v) is 2.92. The van der Waals surface area contributed by atoms with Gasteiger partial charge in [0.15, 0.2) is 5.78 Å². The summed E-state index contributed by atoms with van der Waals surface area (Å²) in [7, 11) is 0. The number of carbonyl (C=O) groups is 2. The molecule has 0 aromatic rings. The molecule has 0 aromatic carbocycles. The van der Waals surface area contributed by atoms with Gasteiger partial charge in [0.05, 0.1) is 5.92 Å². The first-order valence-electron chi connectivity index (χ1n) is 5.42. The van der Waals surface area contributed by atoms with Gasteiger partial charge in [-0.3, -0.25) is 9.59 Å². The molecule has 1 aliphatic heterocycles. The molecule has 78 valence electrons. The Morgan fingerprint density at radius 3 is 2.57 bits per heavy atom. The second-order valence-corrected chi connectivity index (χ2v) is 4.35. The number of ether oxygens (including phenoxy) is 1. The minimum Gasteiger partial charge on any atom is -0.458 e. The highest BCUT2D eigenvalue weighted by Gasteiger charge is 2.50. The van der Waals surface area contributed by atoms with Crippen LogP contribution in [0.4, 0.5) is 0 Å². The van der Waals surface area contributed by atoms with Gasteiger partial charge in [0.1, 0.15) is 12.0 Å². The van der Waals surface area contributed by atoms with Crippen molar-refractivity contribution in [2.75, 3.05) is 0 Å². The van der Waals surface area contributed by atoms with E-state index in [0.29, 0.717) is 0 Å². The molecule has 0 bridgehead atoms. The molecule has 1 saturated heterocycles. The van der Waals surface area contributed by atoms with Gasteiger partial charge in [-0.25, -0.2) is 0 Å². The van der Waals surface area contributed by atoms with Crippen LogP contribution in [-0.4, -0.2) is 17.4 Å². The topological polar surface area (TPSA) is 43.4 Å².